The van der Waals surface area contributed by atoms with Gasteiger partial charge in [0.1, 0.15) is 17.3 Å². The fourth-order valence-corrected chi connectivity index (χ4v) is 10.4. The Bertz CT molecular complexity index is 1800. The highest BCUT2D eigenvalue weighted by atomic mass is 32.1. The van der Waals surface area contributed by atoms with Crippen LogP contribution in [0.5, 0.6) is 0 Å². The molecule has 1 N–H and O–H groups in total. The minimum atomic E-state index is -4.72. The number of fused-ring (bicyclic) bond motifs is 4. The number of nitrogens with zero attached hydrogens (tertiary/aromatic N) is 4. The van der Waals surface area contributed by atoms with Gasteiger partial charge in [0, 0.05) is 56.2 Å². The molecule has 5 aliphatic heterocycles. The second kappa shape index (κ2) is 13.7. The topological polar surface area (TPSA) is 104 Å². The fraction of sp³-hybridized carbons (Fsp3) is 0.730. The molecule has 7 aliphatic rings. The average Bonchev–Trinajstić information content (AvgIpc) is 3.68. The van der Waals surface area contributed by atoms with Crippen molar-refractivity contribution < 1.29 is 54.6 Å². The maximum atomic E-state index is 14.8. The van der Waals surface area contributed by atoms with Gasteiger partial charge < -0.3 is 29.5 Å². The van der Waals surface area contributed by atoms with Crippen molar-refractivity contribution in [1.29, 1.82) is 0 Å². The molecule has 9 rings (SSSR count). The van der Waals surface area contributed by atoms with Crippen molar-refractivity contribution in [3.63, 3.8) is 0 Å². The van der Waals surface area contributed by atoms with E-state index in [0.717, 1.165) is 30.6 Å². The first-order valence-electron chi connectivity index (χ1n) is 19.0. The van der Waals surface area contributed by atoms with Gasteiger partial charge in [-0.3, -0.25) is 14.4 Å². The van der Waals surface area contributed by atoms with Crippen LogP contribution >= 0.6 is 11.3 Å². The molecule has 6 heterocycles. The van der Waals surface area contributed by atoms with Gasteiger partial charge in [0.15, 0.2) is 0 Å². The largest absolute Gasteiger partial charge is 0.403 e. The minimum Gasteiger partial charge on any atom is -0.378 e. The Morgan fingerprint density at radius 1 is 1.00 bits per heavy atom. The zero-order valence-electron chi connectivity index (χ0n) is 30.3. The minimum absolute atomic E-state index is 0.00345. The number of carbonyl (C=O) groups is 3. The Labute approximate surface area is 317 Å². The number of nitrogens with one attached hydrogen (secondary N) is 1. The molecule has 2 bridgehead atoms. The van der Waals surface area contributed by atoms with Gasteiger partial charge in [0.05, 0.1) is 58.7 Å². The van der Waals surface area contributed by atoms with Gasteiger partial charge in [-0.1, -0.05) is 0 Å². The SMILES string of the molecule is C[C@@H](OCC12CCC(CC1)OC2)[C@H](NC(=O)[C@@H]1CN(c2cc(F)cc3ncsc23)CC12CN(C(=O)C1(C(F)(F)F)CC1)C2)C(=O)N1CCC(C(F)(F)F)CC1. The maximum absolute atomic E-state index is 14.8. The van der Waals surface area contributed by atoms with Crippen molar-refractivity contribution in [3.05, 3.63) is 23.5 Å². The van der Waals surface area contributed by atoms with E-state index < -0.39 is 70.7 Å². The van der Waals surface area contributed by atoms with E-state index in [1.165, 1.54) is 28.4 Å². The first-order valence-corrected chi connectivity index (χ1v) is 19.8. The predicted octanol–water partition coefficient (Wildman–Crippen LogP) is 5.69. The van der Waals surface area contributed by atoms with E-state index in [1.807, 2.05) is 0 Å². The Balaban J connectivity index is 1.05. The van der Waals surface area contributed by atoms with E-state index in [4.69, 9.17) is 9.47 Å². The number of halogens is 7. The molecule has 10 nitrogen and oxygen atoms in total. The molecule has 1 spiro atoms. The molecule has 7 fully saturated rings. The first-order chi connectivity index (χ1) is 25.9. The fourth-order valence-electron chi connectivity index (χ4n) is 9.55. The first kappa shape index (κ1) is 38.6. The van der Waals surface area contributed by atoms with Crippen molar-refractivity contribution >= 4 is 45.0 Å². The number of carbonyl (C=O) groups excluding carboxylic acids is 3. The summed E-state index contributed by atoms with van der Waals surface area (Å²) < 4.78 is 110. The third-order valence-corrected chi connectivity index (χ3v) is 14.1. The molecule has 1 aromatic heterocycles. The molecule has 55 heavy (non-hydrogen) atoms. The van der Waals surface area contributed by atoms with Crippen molar-refractivity contribution in [1.82, 2.24) is 20.1 Å². The summed E-state index contributed by atoms with van der Waals surface area (Å²) in [5.74, 6) is -5.30. The third kappa shape index (κ3) is 6.95. The van der Waals surface area contributed by atoms with E-state index in [1.54, 1.807) is 17.3 Å². The lowest BCUT2D eigenvalue weighted by atomic mass is 9.70. The quantitative estimate of drug-likeness (QED) is 0.325. The number of alkyl halides is 6. The number of amides is 3. The highest BCUT2D eigenvalue weighted by Gasteiger charge is 2.71. The Morgan fingerprint density at radius 2 is 1.69 bits per heavy atom. The monoisotopic (exact) mass is 803 g/mol. The second-order valence-corrected chi connectivity index (χ2v) is 17.7. The summed E-state index contributed by atoms with van der Waals surface area (Å²) in [5.41, 5.74) is -1.33. The zero-order chi connectivity index (χ0) is 39.1. The molecule has 3 amide bonds. The van der Waals surface area contributed by atoms with Gasteiger partial charge in [-0.2, -0.15) is 26.3 Å². The molecular formula is C37H44F7N5O5S. The van der Waals surface area contributed by atoms with Crippen LogP contribution in [-0.2, 0) is 23.9 Å². The van der Waals surface area contributed by atoms with E-state index in [9.17, 15) is 45.1 Å². The zero-order valence-corrected chi connectivity index (χ0v) is 31.1. The molecular weight excluding hydrogens is 759 g/mol. The normalized spacial score (nSPS) is 28.7. The molecule has 0 unspecified atom stereocenters. The van der Waals surface area contributed by atoms with Crippen LogP contribution in [0.3, 0.4) is 0 Å². The van der Waals surface area contributed by atoms with Crippen LogP contribution in [0.15, 0.2) is 17.6 Å². The van der Waals surface area contributed by atoms with E-state index in [0.29, 0.717) is 22.5 Å². The summed E-state index contributed by atoms with van der Waals surface area (Å²) in [5, 5.41) is 2.87. The molecule has 1 aromatic carbocycles. The lowest BCUT2D eigenvalue weighted by Crippen LogP contribution is -2.67. The summed E-state index contributed by atoms with van der Waals surface area (Å²) in [7, 11) is 0. The van der Waals surface area contributed by atoms with Crippen LogP contribution in [-0.4, -0.2) is 116 Å². The van der Waals surface area contributed by atoms with Crippen molar-refractivity contribution in [2.75, 3.05) is 57.4 Å². The number of hydrogen-bond acceptors (Lipinski definition) is 8. The van der Waals surface area contributed by atoms with Crippen LogP contribution in [0.1, 0.15) is 58.3 Å². The van der Waals surface area contributed by atoms with Crippen LogP contribution in [0, 0.1) is 33.9 Å². The molecule has 2 aromatic rings. The highest BCUT2D eigenvalue weighted by Crippen LogP contribution is 2.60. The number of piperidine rings is 1. The lowest BCUT2D eigenvalue weighted by Gasteiger charge is -2.51. The summed E-state index contributed by atoms with van der Waals surface area (Å²) in [6.07, 6.45) is -7.47. The Hall–Kier alpha value is -3.25. The van der Waals surface area contributed by atoms with Gasteiger partial charge >= 0.3 is 12.4 Å². The van der Waals surface area contributed by atoms with Crippen LogP contribution < -0.4 is 10.2 Å². The number of rotatable bonds is 9. The standard InChI is InChI=1S/C37H44F7N5O5S/c1-21(53-18-33-6-2-24(3-7-33)54-19-33)28(31(51)47-10-4-22(5-11-47)36(39,40)41)46-30(50)25-14-48(27-13-23(38)12-26-29(27)55-20-45-26)15-34(25)16-49(17-34)32(52)35(8-9-35)37(42,43)44/h12-13,20-22,24-25,28H,2-11,14-19H2,1H3,(H,46,50)/t21-,24?,25+,28+,33?/m1/s1. The summed E-state index contributed by atoms with van der Waals surface area (Å²) in [6.45, 7) is 1.87. The summed E-state index contributed by atoms with van der Waals surface area (Å²) >= 11 is 1.27. The number of aromatic nitrogens is 1. The molecule has 302 valence electrons. The average molecular weight is 804 g/mol. The van der Waals surface area contributed by atoms with E-state index >= 15 is 0 Å². The van der Waals surface area contributed by atoms with Crippen LogP contribution in [0.4, 0.5) is 36.4 Å². The number of ether oxygens (including phenoxy) is 2. The molecule has 0 radical (unpaired) electrons. The second-order valence-electron chi connectivity index (χ2n) is 16.8. The predicted molar refractivity (Wildman–Crippen MR) is 185 cm³/mol. The Morgan fingerprint density at radius 3 is 2.29 bits per heavy atom. The van der Waals surface area contributed by atoms with Crippen molar-refractivity contribution in [3.8, 4) is 0 Å². The Kier molecular flexibility index (Phi) is 9.62. The van der Waals surface area contributed by atoms with Crippen LogP contribution in [0.25, 0.3) is 10.2 Å². The third-order valence-electron chi connectivity index (χ3n) is 13.3. The van der Waals surface area contributed by atoms with E-state index in [2.05, 4.69) is 10.3 Å². The molecule has 3 atom stereocenters. The number of hydrogen-bond donors (Lipinski definition) is 1. The van der Waals surface area contributed by atoms with Crippen molar-refractivity contribution in [2.24, 2.45) is 28.1 Å². The van der Waals surface area contributed by atoms with Gasteiger partial charge in [-0.05, 0) is 64.4 Å². The number of benzene rings is 1. The number of thiazole rings is 1. The molecule has 18 heteroatoms. The number of likely N-dealkylation sites (tertiary alicyclic amines) is 2. The summed E-state index contributed by atoms with van der Waals surface area (Å²) in [6, 6.07) is 1.30. The van der Waals surface area contributed by atoms with Gasteiger partial charge in [0.2, 0.25) is 17.7 Å². The van der Waals surface area contributed by atoms with Crippen molar-refractivity contribution in [2.45, 2.75) is 88.9 Å². The highest BCUT2D eigenvalue weighted by molar-refractivity contribution is 7.17. The lowest BCUT2D eigenvalue weighted by molar-refractivity contribution is -0.205. The van der Waals surface area contributed by atoms with Gasteiger partial charge in [-0.15, -0.1) is 11.3 Å². The summed E-state index contributed by atoms with van der Waals surface area (Å²) in [4.78, 5) is 50.5. The smallest absolute Gasteiger partial charge is 0.378 e. The number of anilines is 1. The van der Waals surface area contributed by atoms with Crippen LogP contribution in [0.2, 0.25) is 0 Å². The van der Waals surface area contributed by atoms with Gasteiger partial charge in [0.25, 0.3) is 0 Å². The molecule has 2 saturated carbocycles. The maximum Gasteiger partial charge on any atom is 0.403 e. The molecule has 5 saturated heterocycles. The molecule has 2 aliphatic carbocycles. The van der Waals surface area contributed by atoms with E-state index in [-0.39, 0.29) is 83.1 Å². The van der Waals surface area contributed by atoms with Gasteiger partial charge in [-0.25, -0.2) is 9.37 Å².